The molecule has 6 nitrogen and oxygen atoms in total. The lowest BCUT2D eigenvalue weighted by Crippen LogP contribution is -2.23. The number of anilines is 2. The molecule has 1 aliphatic rings. The highest BCUT2D eigenvalue weighted by atomic mass is 19.1. The third-order valence-corrected chi connectivity index (χ3v) is 4.88. The van der Waals surface area contributed by atoms with Crippen molar-refractivity contribution in [2.75, 3.05) is 12.4 Å². The first kappa shape index (κ1) is 19.1. The van der Waals surface area contributed by atoms with Gasteiger partial charge < -0.3 is 19.4 Å². The van der Waals surface area contributed by atoms with E-state index in [1.165, 1.54) is 25.3 Å². The van der Waals surface area contributed by atoms with Gasteiger partial charge in [0.1, 0.15) is 5.82 Å². The predicted octanol–water partition coefficient (Wildman–Crippen LogP) is 3.66. The zero-order chi connectivity index (χ0) is 20.5. The fraction of sp³-hybridized carbons (Fsp3) is 0.238. The lowest BCUT2D eigenvalue weighted by molar-refractivity contribution is 0.131. The van der Waals surface area contributed by atoms with Crippen LogP contribution in [0.25, 0.3) is 0 Å². The highest BCUT2D eigenvalue weighted by molar-refractivity contribution is 5.61. The maximum absolute atomic E-state index is 14.2. The Morgan fingerprint density at radius 1 is 1.21 bits per heavy atom. The molecule has 0 unspecified atom stereocenters. The monoisotopic (exact) mass is 399 g/mol. The molecule has 1 aliphatic heterocycles. The number of aryl methyl sites for hydroxylation is 1. The zero-order valence-corrected chi connectivity index (χ0v) is 16.0. The molecule has 0 radical (unpaired) electrons. The van der Waals surface area contributed by atoms with Crippen molar-refractivity contribution in [3.05, 3.63) is 80.8 Å². The molecule has 4 rings (SSSR count). The van der Waals surface area contributed by atoms with Crippen LogP contribution in [0.4, 0.5) is 20.4 Å². The third-order valence-electron chi connectivity index (χ3n) is 4.88. The minimum Gasteiger partial charge on any atom is -0.494 e. The van der Waals surface area contributed by atoms with Crippen LogP contribution in [0.1, 0.15) is 22.4 Å². The van der Waals surface area contributed by atoms with E-state index < -0.39 is 5.82 Å². The van der Waals surface area contributed by atoms with E-state index in [1.807, 2.05) is 0 Å². The molecular weight excluding hydrogens is 380 g/mol. The number of nitrogens with zero attached hydrogens (tertiary/aromatic N) is 2. The maximum atomic E-state index is 14.2. The van der Waals surface area contributed by atoms with Crippen molar-refractivity contribution in [3.8, 4) is 5.75 Å². The summed E-state index contributed by atoms with van der Waals surface area (Å²) in [7, 11) is 1.40. The van der Waals surface area contributed by atoms with E-state index in [-0.39, 0.29) is 36.3 Å². The fourth-order valence-electron chi connectivity index (χ4n) is 3.30. The van der Waals surface area contributed by atoms with Crippen LogP contribution in [0.15, 0.2) is 41.2 Å². The standard InChI is InChI=1S/C21H19F2N3O3/c1-12-7-19(28-2)16(23)8-17(12)24-21-25-20(27)15-10-29-11-18(15)26(21)9-13-3-5-14(22)6-4-13/h3-8H,9-11H2,1-2H3,(H,24,25,27). The molecule has 150 valence electrons. The van der Waals surface area contributed by atoms with Gasteiger partial charge >= 0.3 is 0 Å². The Labute approximate surface area is 165 Å². The van der Waals surface area contributed by atoms with Crippen molar-refractivity contribution in [2.24, 2.45) is 0 Å². The van der Waals surface area contributed by atoms with Gasteiger partial charge in [-0.25, -0.2) is 8.78 Å². The number of hydrogen-bond acceptors (Lipinski definition) is 5. The number of fused-ring (bicyclic) bond motifs is 1. The highest BCUT2D eigenvalue weighted by Crippen LogP contribution is 2.29. The topological polar surface area (TPSA) is 65.4 Å². The molecule has 1 aromatic heterocycles. The lowest BCUT2D eigenvalue weighted by atomic mass is 10.1. The van der Waals surface area contributed by atoms with Gasteiger partial charge in [0.2, 0.25) is 5.95 Å². The highest BCUT2D eigenvalue weighted by Gasteiger charge is 2.23. The molecule has 0 spiro atoms. The molecule has 0 amide bonds. The van der Waals surface area contributed by atoms with Crippen LogP contribution in [-0.2, 0) is 24.5 Å². The van der Waals surface area contributed by atoms with E-state index in [0.29, 0.717) is 23.5 Å². The molecule has 3 aromatic rings. The van der Waals surface area contributed by atoms with Crippen LogP contribution in [0.3, 0.4) is 0 Å². The van der Waals surface area contributed by atoms with E-state index >= 15 is 0 Å². The van der Waals surface area contributed by atoms with Crippen molar-refractivity contribution < 1.29 is 18.3 Å². The van der Waals surface area contributed by atoms with Gasteiger partial charge in [-0.2, -0.15) is 4.98 Å². The third kappa shape index (κ3) is 3.71. The summed E-state index contributed by atoms with van der Waals surface area (Å²) >= 11 is 0. The average molecular weight is 399 g/mol. The van der Waals surface area contributed by atoms with Crippen molar-refractivity contribution in [3.63, 3.8) is 0 Å². The number of methoxy groups -OCH3 is 1. The van der Waals surface area contributed by atoms with E-state index in [0.717, 1.165) is 11.1 Å². The van der Waals surface area contributed by atoms with Crippen LogP contribution in [0.5, 0.6) is 5.75 Å². The summed E-state index contributed by atoms with van der Waals surface area (Å²) in [4.78, 5) is 16.6. The zero-order valence-electron chi connectivity index (χ0n) is 16.0. The van der Waals surface area contributed by atoms with Crippen LogP contribution in [0, 0.1) is 18.6 Å². The minimum absolute atomic E-state index is 0.132. The second-order valence-corrected chi connectivity index (χ2v) is 6.80. The van der Waals surface area contributed by atoms with Gasteiger partial charge in [0, 0.05) is 11.8 Å². The SMILES string of the molecule is COc1cc(C)c(Nc2nc(=O)c3c(n2Cc2ccc(F)cc2)COC3)cc1F. The number of ether oxygens (including phenoxy) is 2. The summed E-state index contributed by atoms with van der Waals surface area (Å²) in [6.45, 7) is 2.60. The molecular formula is C21H19F2N3O3. The fourth-order valence-corrected chi connectivity index (χ4v) is 3.30. The molecule has 2 aromatic carbocycles. The molecule has 29 heavy (non-hydrogen) atoms. The molecule has 8 heteroatoms. The Balaban J connectivity index is 1.79. The van der Waals surface area contributed by atoms with Crippen molar-refractivity contribution in [1.29, 1.82) is 0 Å². The van der Waals surface area contributed by atoms with Crippen molar-refractivity contribution in [2.45, 2.75) is 26.7 Å². The Morgan fingerprint density at radius 2 is 1.97 bits per heavy atom. The summed E-state index contributed by atoms with van der Waals surface area (Å²) in [5, 5.41) is 3.06. The van der Waals surface area contributed by atoms with Crippen LogP contribution in [-0.4, -0.2) is 16.7 Å². The summed E-state index contributed by atoms with van der Waals surface area (Å²) in [6, 6.07) is 8.94. The number of aromatic nitrogens is 2. The van der Waals surface area contributed by atoms with E-state index in [1.54, 1.807) is 29.7 Å². The van der Waals surface area contributed by atoms with Gasteiger partial charge in [0.05, 0.1) is 38.1 Å². The van der Waals surface area contributed by atoms with Gasteiger partial charge in [-0.3, -0.25) is 4.79 Å². The lowest BCUT2D eigenvalue weighted by Gasteiger charge is -2.19. The Morgan fingerprint density at radius 3 is 2.69 bits per heavy atom. The quantitative estimate of drug-likeness (QED) is 0.709. The van der Waals surface area contributed by atoms with Gasteiger partial charge in [0.15, 0.2) is 11.6 Å². The van der Waals surface area contributed by atoms with Gasteiger partial charge in [-0.05, 0) is 36.2 Å². The molecule has 0 atom stereocenters. The van der Waals surface area contributed by atoms with Crippen LogP contribution in [0.2, 0.25) is 0 Å². The Hall–Kier alpha value is -3.26. The first-order chi connectivity index (χ1) is 14.0. The average Bonchev–Trinajstić information content (AvgIpc) is 3.19. The summed E-state index contributed by atoms with van der Waals surface area (Å²) < 4.78 is 39.7. The van der Waals surface area contributed by atoms with Crippen molar-refractivity contribution in [1.82, 2.24) is 9.55 Å². The smallest absolute Gasteiger partial charge is 0.280 e. The van der Waals surface area contributed by atoms with Gasteiger partial charge in [0.25, 0.3) is 5.56 Å². The van der Waals surface area contributed by atoms with E-state index in [2.05, 4.69) is 10.3 Å². The normalized spacial score (nSPS) is 12.7. The maximum Gasteiger partial charge on any atom is 0.280 e. The van der Waals surface area contributed by atoms with Gasteiger partial charge in [-0.1, -0.05) is 12.1 Å². The molecule has 0 fully saturated rings. The number of hydrogen-bond donors (Lipinski definition) is 1. The molecule has 2 heterocycles. The largest absolute Gasteiger partial charge is 0.494 e. The van der Waals surface area contributed by atoms with Crippen LogP contribution >= 0.6 is 0 Å². The molecule has 1 N–H and O–H groups in total. The summed E-state index contributed by atoms with van der Waals surface area (Å²) in [6.07, 6.45) is 0. The first-order valence-electron chi connectivity index (χ1n) is 9.02. The van der Waals surface area contributed by atoms with E-state index in [9.17, 15) is 13.6 Å². The first-order valence-corrected chi connectivity index (χ1v) is 9.02. The minimum atomic E-state index is -0.530. The van der Waals surface area contributed by atoms with Crippen molar-refractivity contribution >= 4 is 11.6 Å². The van der Waals surface area contributed by atoms with Gasteiger partial charge in [-0.15, -0.1) is 0 Å². The van der Waals surface area contributed by atoms with Crippen LogP contribution < -0.4 is 15.6 Å². The van der Waals surface area contributed by atoms with E-state index in [4.69, 9.17) is 9.47 Å². The molecule has 0 bridgehead atoms. The summed E-state index contributed by atoms with van der Waals surface area (Å²) in [5.74, 6) is -0.469. The summed E-state index contributed by atoms with van der Waals surface area (Å²) in [5.41, 5.74) is 2.82. The number of halogens is 2. The second-order valence-electron chi connectivity index (χ2n) is 6.80. The molecule has 0 aliphatic carbocycles. The second kappa shape index (κ2) is 7.63. The Bertz CT molecular complexity index is 1130. The number of benzene rings is 2. The number of nitrogens with one attached hydrogen (secondary N) is 1. The molecule has 0 saturated heterocycles. The molecule has 0 saturated carbocycles. The predicted molar refractivity (Wildman–Crippen MR) is 103 cm³/mol. The Kier molecular flexibility index (Phi) is 5.02. The number of rotatable bonds is 5.